The normalized spacial score (nSPS) is 10.7. The average Bonchev–Trinajstić information content (AvgIpc) is 2.60. The molecule has 0 aliphatic carbocycles. The van der Waals surface area contributed by atoms with Crippen molar-refractivity contribution in [2.45, 2.75) is 5.88 Å². The second-order valence-electron chi connectivity index (χ2n) is 2.84. The number of carbonyl (C=O) groups is 1. The minimum absolute atomic E-state index is 0.468. The molecule has 4 heteroatoms. The molecule has 14 heavy (non-hydrogen) atoms. The van der Waals surface area contributed by atoms with Gasteiger partial charge in [0.2, 0.25) is 0 Å². The lowest BCUT2D eigenvalue weighted by Crippen LogP contribution is -1.81. The fourth-order valence-corrected chi connectivity index (χ4v) is 2.72. The summed E-state index contributed by atoms with van der Waals surface area (Å²) in [5.41, 5.74) is 0.553. The van der Waals surface area contributed by atoms with E-state index in [4.69, 9.17) is 23.2 Å². The number of rotatable bonds is 2. The van der Waals surface area contributed by atoms with Gasteiger partial charge in [0.05, 0.1) is 10.9 Å². The minimum Gasteiger partial charge on any atom is -0.298 e. The van der Waals surface area contributed by atoms with Crippen molar-refractivity contribution in [3.8, 4) is 0 Å². The molecule has 0 spiro atoms. The SMILES string of the molecule is O=Cc1c(Cl)ccc2sc(CCl)cc12. The molecule has 2 rings (SSSR count). The number of hydrogen-bond donors (Lipinski definition) is 0. The molecule has 2 aromatic rings. The Balaban J connectivity index is 2.79. The third-order valence-corrected chi connectivity index (χ3v) is 3.87. The first-order chi connectivity index (χ1) is 6.76. The fraction of sp³-hybridized carbons (Fsp3) is 0.100. The van der Waals surface area contributed by atoms with Gasteiger partial charge in [0.25, 0.3) is 0 Å². The van der Waals surface area contributed by atoms with Crippen molar-refractivity contribution in [1.82, 2.24) is 0 Å². The van der Waals surface area contributed by atoms with E-state index in [-0.39, 0.29) is 0 Å². The molecule has 0 fully saturated rings. The smallest absolute Gasteiger partial charge is 0.152 e. The Bertz CT molecular complexity index is 490. The lowest BCUT2D eigenvalue weighted by molar-refractivity contribution is 0.112. The van der Waals surface area contributed by atoms with Crippen LogP contribution in [-0.4, -0.2) is 6.29 Å². The second-order valence-corrected chi connectivity index (χ2v) is 4.68. The molecular weight excluding hydrogens is 239 g/mol. The third-order valence-electron chi connectivity index (χ3n) is 1.99. The molecular formula is C10H6Cl2OS. The Kier molecular flexibility index (Phi) is 2.77. The number of carbonyl (C=O) groups excluding carboxylic acids is 1. The number of thiophene rings is 1. The van der Waals surface area contributed by atoms with Gasteiger partial charge in [-0.1, -0.05) is 11.6 Å². The summed E-state index contributed by atoms with van der Waals surface area (Å²) >= 11 is 13.2. The first kappa shape index (κ1) is 9.97. The molecule has 1 aromatic heterocycles. The van der Waals surface area contributed by atoms with Gasteiger partial charge in [-0.05, 0) is 18.2 Å². The van der Waals surface area contributed by atoms with Gasteiger partial charge in [-0.25, -0.2) is 0 Å². The van der Waals surface area contributed by atoms with Gasteiger partial charge in [-0.15, -0.1) is 22.9 Å². The van der Waals surface area contributed by atoms with Crippen LogP contribution in [0.25, 0.3) is 10.1 Å². The van der Waals surface area contributed by atoms with Crippen LogP contribution >= 0.6 is 34.5 Å². The van der Waals surface area contributed by atoms with Crippen molar-refractivity contribution in [2.75, 3.05) is 0 Å². The molecule has 0 saturated heterocycles. The Morgan fingerprint density at radius 2 is 2.21 bits per heavy atom. The zero-order valence-electron chi connectivity index (χ0n) is 7.09. The maximum Gasteiger partial charge on any atom is 0.152 e. The van der Waals surface area contributed by atoms with Gasteiger partial charge in [0.1, 0.15) is 0 Å². The zero-order valence-corrected chi connectivity index (χ0v) is 9.42. The number of halogens is 2. The van der Waals surface area contributed by atoms with E-state index in [1.54, 1.807) is 17.4 Å². The third kappa shape index (κ3) is 1.54. The van der Waals surface area contributed by atoms with Crippen LogP contribution in [0.1, 0.15) is 15.2 Å². The molecule has 0 saturated carbocycles. The second kappa shape index (κ2) is 3.89. The summed E-state index contributed by atoms with van der Waals surface area (Å²) in [5.74, 6) is 0.468. The van der Waals surface area contributed by atoms with Crippen LogP contribution in [0.15, 0.2) is 18.2 Å². The fourth-order valence-electron chi connectivity index (χ4n) is 1.34. The van der Waals surface area contributed by atoms with Crippen molar-refractivity contribution in [1.29, 1.82) is 0 Å². The van der Waals surface area contributed by atoms with Gasteiger partial charge < -0.3 is 0 Å². The van der Waals surface area contributed by atoms with E-state index in [2.05, 4.69) is 0 Å². The molecule has 1 heterocycles. The monoisotopic (exact) mass is 244 g/mol. The zero-order chi connectivity index (χ0) is 10.1. The van der Waals surface area contributed by atoms with Crippen LogP contribution in [0, 0.1) is 0 Å². The van der Waals surface area contributed by atoms with E-state index >= 15 is 0 Å². The standard InChI is InChI=1S/C10H6Cl2OS/c11-4-6-3-7-8(5-13)9(12)1-2-10(7)14-6/h1-3,5H,4H2. The number of aldehydes is 1. The van der Waals surface area contributed by atoms with Crippen molar-refractivity contribution >= 4 is 50.9 Å². The predicted molar refractivity (Wildman–Crippen MR) is 61.8 cm³/mol. The highest BCUT2D eigenvalue weighted by atomic mass is 35.5. The molecule has 0 aliphatic heterocycles. The largest absolute Gasteiger partial charge is 0.298 e. The topological polar surface area (TPSA) is 17.1 Å². The molecule has 72 valence electrons. The van der Waals surface area contributed by atoms with E-state index in [0.29, 0.717) is 16.5 Å². The summed E-state index contributed by atoms with van der Waals surface area (Å²) in [7, 11) is 0. The quantitative estimate of drug-likeness (QED) is 0.574. The summed E-state index contributed by atoms with van der Waals surface area (Å²) in [6.07, 6.45) is 0.787. The molecule has 0 radical (unpaired) electrons. The molecule has 0 N–H and O–H groups in total. The Labute approximate surface area is 95.3 Å². The molecule has 1 nitrogen and oxygen atoms in total. The lowest BCUT2D eigenvalue weighted by atomic mass is 10.1. The van der Waals surface area contributed by atoms with Crippen LogP contribution in [0.2, 0.25) is 5.02 Å². The minimum atomic E-state index is 0.468. The average molecular weight is 245 g/mol. The maximum atomic E-state index is 10.8. The first-order valence-corrected chi connectivity index (χ1v) is 5.71. The van der Waals surface area contributed by atoms with Crippen LogP contribution in [0.4, 0.5) is 0 Å². The van der Waals surface area contributed by atoms with Crippen LogP contribution < -0.4 is 0 Å². The van der Waals surface area contributed by atoms with Crippen LogP contribution in [0.3, 0.4) is 0 Å². The van der Waals surface area contributed by atoms with Crippen molar-refractivity contribution in [3.05, 3.63) is 33.7 Å². The lowest BCUT2D eigenvalue weighted by Gasteiger charge is -1.96. The summed E-state index contributed by atoms with van der Waals surface area (Å²) < 4.78 is 1.05. The van der Waals surface area contributed by atoms with Crippen LogP contribution in [-0.2, 0) is 5.88 Å². The summed E-state index contributed by atoms with van der Waals surface area (Å²) in [6, 6.07) is 5.57. The molecule has 0 atom stereocenters. The Morgan fingerprint density at radius 1 is 1.43 bits per heavy atom. The summed E-state index contributed by atoms with van der Waals surface area (Å²) in [6.45, 7) is 0. The highest BCUT2D eigenvalue weighted by Crippen LogP contribution is 2.32. The number of fused-ring (bicyclic) bond motifs is 1. The van der Waals surface area contributed by atoms with Crippen molar-refractivity contribution < 1.29 is 4.79 Å². The van der Waals surface area contributed by atoms with E-state index in [1.807, 2.05) is 12.1 Å². The van der Waals surface area contributed by atoms with Gasteiger partial charge >= 0.3 is 0 Å². The first-order valence-electron chi connectivity index (χ1n) is 3.98. The number of alkyl halides is 1. The van der Waals surface area contributed by atoms with Crippen molar-refractivity contribution in [2.24, 2.45) is 0 Å². The number of hydrogen-bond acceptors (Lipinski definition) is 2. The van der Waals surface area contributed by atoms with E-state index in [9.17, 15) is 4.79 Å². The van der Waals surface area contributed by atoms with Crippen molar-refractivity contribution in [3.63, 3.8) is 0 Å². The molecule has 0 aliphatic rings. The van der Waals surface area contributed by atoms with Gasteiger partial charge in [0, 0.05) is 20.5 Å². The molecule has 0 amide bonds. The Morgan fingerprint density at radius 3 is 2.86 bits per heavy atom. The van der Waals surface area contributed by atoms with E-state index in [1.165, 1.54) is 0 Å². The van der Waals surface area contributed by atoms with Gasteiger partial charge in [0.15, 0.2) is 6.29 Å². The van der Waals surface area contributed by atoms with E-state index < -0.39 is 0 Å². The number of benzene rings is 1. The summed E-state index contributed by atoms with van der Waals surface area (Å²) in [4.78, 5) is 11.9. The Hall–Kier alpha value is -0.570. The van der Waals surface area contributed by atoms with Gasteiger partial charge in [-0.2, -0.15) is 0 Å². The maximum absolute atomic E-state index is 10.8. The van der Waals surface area contributed by atoms with Crippen LogP contribution in [0.5, 0.6) is 0 Å². The molecule has 0 unspecified atom stereocenters. The highest BCUT2D eigenvalue weighted by molar-refractivity contribution is 7.19. The predicted octanol–water partition coefficient (Wildman–Crippen LogP) is 4.11. The van der Waals surface area contributed by atoms with E-state index in [0.717, 1.165) is 21.2 Å². The highest BCUT2D eigenvalue weighted by Gasteiger charge is 2.08. The van der Waals surface area contributed by atoms with Gasteiger partial charge in [-0.3, -0.25) is 4.79 Å². The molecule has 1 aromatic carbocycles. The molecule has 0 bridgehead atoms. The summed E-state index contributed by atoms with van der Waals surface area (Å²) in [5, 5.41) is 1.39.